The lowest BCUT2D eigenvalue weighted by Gasteiger charge is -2.10. The molecule has 23 heavy (non-hydrogen) atoms. The summed E-state index contributed by atoms with van der Waals surface area (Å²) in [5.74, 6) is 0. The van der Waals surface area contributed by atoms with E-state index in [4.69, 9.17) is 0 Å². The maximum absolute atomic E-state index is 11.7. The summed E-state index contributed by atoms with van der Waals surface area (Å²) in [5, 5.41) is 0.987. The number of benzene rings is 2. The Kier molecular flexibility index (Phi) is 3.98. The Bertz CT molecular complexity index is 993. The summed E-state index contributed by atoms with van der Waals surface area (Å²) >= 11 is 3.60. The molecule has 4 nitrogen and oxygen atoms in total. The molecule has 120 valence electrons. The second-order valence-electron chi connectivity index (χ2n) is 5.67. The van der Waals surface area contributed by atoms with Gasteiger partial charge in [-0.3, -0.25) is 4.72 Å². The van der Waals surface area contributed by atoms with Crippen LogP contribution >= 0.6 is 15.9 Å². The molecule has 0 aliphatic carbocycles. The quantitative estimate of drug-likeness (QED) is 0.684. The molecule has 3 rings (SSSR count). The van der Waals surface area contributed by atoms with Gasteiger partial charge >= 0.3 is 0 Å². The van der Waals surface area contributed by atoms with Crippen LogP contribution in [0.1, 0.15) is 11.1 Å². The van der Waals surface area contributed by atoms with Crippen molar-refractivity contribution in [3.8, 4) is 11.3 Å². The summed E-state index contributed by atoms with van der Waals surface area (Å²) in [6.45, 7) is 3.92. The van der Waals surface area contributed by atoms with E-state index in [0.717, 1.165) is 44.0 Å². The maximum atomic E-state index is 11.7. The Morgan fingerprint density at radius 1 is 1.13 bits per heavy atom. The summed E-state index contributed by atoms with van der Waals surface area (Å²) in [7, 11) is -3.36. The number of aromatic amines is 1. The minimum Gasteiger partial charge on any atom is -0.353 e. The lowest BCUT2D eigenvalue weighted by atomic mass is 10.1. The third kappa shape index (κ3) is 3.01. The van der Waals surface area contributed by atoms with Crippen LogP contribution in [0.25, 0.3) is 22.2 Å². The predicted molar refractivity (Wildman–Crippen MR) is 99.4 cm³/mol. The number of aryl methyl sites for hydroxylation is 2. The molecule has 6 heteroatoms. The van der Waals surface area contributed by atoms with E-state index in [1.54, 1.807) is 0 Å². The molecule has 0 aliphatic heterocycles. The predicted octanol–water partition coefficient (Wildman–Crippen LogP) is 4.59. The number of hydrogen-bond acceptors (Lipinski definition) is 2. The van der Waals surface area contributed by atoms with Gasteiger partial charge < -0.3 is 4.98 Å². The van der Waals surface area contributed by atoms with E-state index in [1.807, 2.05) is 50.2 Å². The second kappa shape index (κ2) is 5.69. The van der Waals surface area contributed by atoms with Crippen LogP contribution in [0.15, 0.2) is 40.9 Å². The molecule has 0 spiro atoms. The van der Waals surface area contributed by atoms with Crippen molar-refractivity contribution >= 4 is 42.5 Å². The van der Waals surface area contributed by atoms with Crippen molar-refractivity contribution in [2.24, 2.45) is 0 Å². The van der Waals surface area contributed by atoms with Gasteiger partial charge in [0.05, 0.1) is 17.5 Å². The third-order valence-electron chi connectivity index (χ3n) is 3.83. The standard InChI is InChI=1S/C17H17BrN2O2S/c1-10-9-13(18)14-11(2)16(12-7-5-4-6-8-12)19-17(14)15(10)20-23(3,21)22/h4-9,19-20H,1-3H3. The Morgan fingerprint density at radius 3 is 2.39 bits per heavy atom. The summed E-state index contributed by atoms with van der Waals surface area (Å²) < 4.78 is 27.0. The number of aromatic nitrogens is 1. The molecule has 0 unspecified atom stereocenters. The number of rotatable bonds is 3. The van der Waals surface area contributed by atoms with Gasteiger partial charge in [0, 0.05) is 15.6 Å². The highest BCUT2D eigenvalue weighted by atomic mass is 79.9. The van der Waals surface area contributed by atoms with Crippen LogP contribution in [0.3, 0.4) is 0 Å². The number of sulfonamides is 1. The molecular formula is C17H17BrN2O2S. The fourth-order valence-electron chi connectivity index (χ4n) is 2.82. The first-order valence-corrected chi connectivity index (χ1v) is 9.81. The first kappa shape index (κ1) is 16.1. The maximum Gasteiger partial charge on any atom is 0.229 e. The van der Waals surface area contributed by atoms with Gasteiger partial charge in [-0.1, -0.05) is 46.3 Å². The van der Waals surface area contributed by atoms with E-state index in [1.165, 1.54) is 0 Å². The molecule has 1 aromatic heterocycles. The van der Waals surface area contributed by atoms with Crippen molar-refractivity contribution in [1.82, 2.24) is 4.98 Å². The first-order valence-electron chi connectivity index (χ1n) is 7.12. The van der Waals surface area contributed by atoms with Crippen molar-refractivity contribution in [1.29, 1.82) is 0 Å². The molecule has 0 radical (unpaired) electrons. The highest BCUT2D eigenvalue weighted by molar-refractivity contribution is 9.10. The zero-order valence-electron chi connectivity index (χ0n) is 13.1. The third-order valence-corrected chi connectivity index (χ3v) is 5.03. The zero-order valence-corrected chi connectivity index (χ0v) is 15.5. The van der Waals surface area contributed by atoms with Crippen LogP contribution in [0, 0.1) is 13.8 Å². The van der Waals surface area contributed by atoms with Crippen molar-refractivity contribution in [3.05, 3.63) is 52.0 Å². The van der Waals surface area contributed by atoms with Crippen LogP contribution in [0.2, 0.25) is 0 Å². The van der Waals surface area contributed by atoms with Crippen molar-refractivity contribution < 1.29 is 8.42 Å². The number of H-pyrrole nitrogens is 1. The van der Waals surface area contributed by atoms with Crippen LogP contribution in [-0.2, 0) is 10.0 Å². The van der Waals surface area contributed by atoms with Gasteiger partial charge in [0.15, 0.2) is 0 Å². The van der Waals surface area contributed by atoms with Gasteiger partial charge in [0.25, 0.3) is 0 Å². The number of fused-ring (bicyclic) bond motifs is 1. The first-order chi connectivity index (χ1) is 10.8. The SMILES string of the molecule is Cc1cc(Br)c2c(C)c(-c3ccccc3)[nH]c2c1NS(C)(=O)=O. The molecule has 0 amide bonds. The molecule has 3 aromatic rings. The summed E-state index contributed by atoms with van der Waals surface area (Å²) in [4.78, 5) is 3.40. The number of hydrogen-bond donors (Lipinski definition) is 2. The van der Waals surface area contributed by atoms with E-state index in [9.17, 15) is 8.42 Å². The topological polar surface area (TPSA) is 62.0 Å². The van der Waals surface area contributed by atoms with Crippen LogP contribution in [0.5, 0.6) is 0 Å². The van der Waals surface area contributed by atoms with Gasteiger partial charge in [0.2, 0.25) is 10.0 Å². The molecule has 0 bridgehead atoms. The molecule has 0 fully saturated rings. The van der Waals surface area contributed by atoms with Gasteiger partial charge in [-0.2, -0.15) is 0 Å². The zero-order chi connectivity index (χ0) is 16.8. The molecule has 2 aromatic carbocycles. The van der Waals surface area contributed by atoms with Gasteiger partial charge in [0.1, 0.15) is 0 Å². The number of anilines is 1. The van der Waals surface area contributed by atoms with E-state index in [0.29, 0.717) is 5.69 Å². The van der Waals surface area contributed by atoms with E-state index in [-0.39, 0.29) is 0 Å². The average Bonchev–Trinajstić information content (AvgIpc) is 2.81. The molecule has 1 heterocycles. The Hall–Kier alpha value is -1.79. The fraction of sp³-hybridized carbons (Fsp3) is 0.176. The number of halogens is 1. The second-order valence-corrected chi connectivity index (χ2v) is 8.27. The molecule has 2 N–H and O–H groups in total. The van der Waals surface area contributed by atoms with Crippen molar-refractivity contribution in [2.75, 3.05) is 11.0 Å². The Morgan fingerprint density at radius 2 is 1.78 bits per heavy atom. The fourth-order valence-corrected chi connectivity index (χ4v) is 4.29. The summed E-state index contributed by atoms with van der Waals surface area (Å²) in [6, 6.07) is 11.9. The van der Waals surface area contributed by atoms with Gasteiger partial charge in [-0.05, 0) is 36.6 Å². The average molecular weight is 393 g/mol. The summed E-state index contributed by atoms with van der Waals surface area (Å²) in [6.07, 6.45) is 1.16. The molecular weight excluding hydrogens is 376 g/mol. The molecule has 0 saturated heterocycles. The van der Waals surface area contributed by atoms with Gasteiger partial charge in [-0.25, -0.2) is 8.42 Å². The molecule has 0 atom stereocenters. The Balaban J connectivity index is 2.35. The van der Waals surface area contributed by atoms with E-state index >= 15 is 0 Å². The smallest absolute Gasteiger partial charge is 0.229 e. The highest BCUT2D eigenvalue weighted by Gasteiger charge is 2.18. The number of nitrogens with one attached hydrogen (secondary N) is 2. The van der Waals surface area contributed by atoms with E-state index in [2.05, 4.69) is 25.6 Å². The van der Waals surface area contributed by atoms with Crippen LogP contribution in [0.4, 0.5) is 5.69 Å². The normalized spacial score (nSPS) is 11.8. The molecule has 0 aliphatic rings. The van der Waals surface area contributed by atoms with Gasteiger partial charge in [-0.15, -0.1) is 0 Å². The van der Waals surface area contributed by atoms with Crippen molar-refractivity contribution in [3.63, 3.8) is 0 Å². The van der Waals surface area contributed by atoms with Crippen LogP contribution < -0.4 is 4.72 Å². The minimum atomic E-state index is -3.36. The minimum absolute atomic E-state index is 0.594. The lowest BCUT2D eigenvalue weighted by molar-refractivity contribution is 0.607. The van der Waals surface area contributed by atoms with Crippen LogP contribution in [-0.4, -0.2) is 19.7 Å². The Labute approximate surface area is 144 Å². The molecule has 0 saturated carbocycles. The monoisotopic (exact) mass is 392 g/mol. The van der Waals surface area contributed by atoms with Crippen molar-refractivity contribution in [2.45, 2.75) is 13.8 Å². The largest absolute Gasteiger partial charge is 0.353 e. The summed E-state index contributed by atoms with van der Waals surface area (Å²) in [5.41, 5.74) is 5.37. The highest BCUT2D eigenvalue weighted by Crippen LogP contribution is 2.39. The lowest BCUT2D eigenvalue weighted by Crippen LogP contribution is -2.11. The van der Waals surface area contributed by atoms with E-state index < -0.39 is 10.0 Å².